The summed E-state index contributed by atoms with van der Waals surface area (Å²) in [6, 6.07) is 8.85. The SMILES string of the molecule is Cc1cc(NC(=O)c2ccccc2Cl)sc1C(=O)N[C@H]1CCCNC1. The average molecular weight is 378 g/mol. The molecular formula is C18H20ClN3O2S. The maximum atomic E-state index is 12.5. The fourth-order valence-electron chi connectivity index (χ4n) is 2.82. The summed E-state index contributed by atoms with van der Waals surface area (Å²) in [6.45, 7) is 3.67. The van der Waals surface area contributed by atoms with Crippen LogP contribution in [0.2, 0.25) is 5.02 Å². The van der Waals surface area contributed by atoms with Crippen LogP contribution in [0.15, 0.2) is 30.3 Å². The molecule has 0 unspecified atom stereocenters. The highest BCUT2D eigenvalue weighted by atomic mass is 35.5. The van der Waals surface area contributed by atoms with Crippen molar-refractivity contribution in [1.82, 2.24) is 10.6 Å². The fourth-order valence-corrected chi connectivity index (χ4v) is 4.01. The number of hydrogen-bond donors (Lipinski definition) is 3. The molecule has 1 aliphatic rings. The van der Waals surface area contributed by atoms with Gasteiger partial charge >= 0.3 is 0 Å². The van der Waals surface area contributed by atoms with Crippen molar-refractivity contribution in [1.29, 1.82) is 0 Å². The number of carbonyl (C=O) groups excluding carboxylic acids is 2. The minimum absolute atomic E-state index is 0.0885. The van der Waals surface area contributed by atoms with E-state index >= 15 is 0 Å². The van der Waals surface area contributed by atoms with E-state index < -0.39 is 0 Å². The van der Waals surface area contributed by atoms with E-state index in [-0.39, 0.29) is 17.9 Å². The predicted octanol–water partition coefficient (Wildman–Crippen LogP) is 3.44. The third kappa shape index (κ3) is 4.39. The van der Waals surface area contributed by atoms with Gasteiger partial charge in [0.05, 0.1) is 20.5 Å². The summed E-state index contributed by atoms with van der Waals surface area (Å²) >= 11 is 7.33. The van der Waals surface area contributed by atoms with Crippen LogP contribution < -0.4 is 16.0 Å². The van der Waals surface area contributed by atoms with Crippen LogP contribution in [0.5, 0.6) is 0 Å². The Bertz CT molecular complexity index is 784. The molecule has 2 aromatic rings. The van der Waals surface area contributed by atoms with Crippen LogP contribution >= 0.6 is 22.9 Å². The molecule has 0 aliphatic carbocycles. The Balaban J connectivity index is 1.68. The van der Waals surface area contributed by atoms with Crippen molar-refractivity contribution in [3.8, 4) is 0 Å². The van der Waals surface area contributed by atoms with Gasteiger partial charge in [-0.3, -0.25) is 9.59 Å². The summed E-state index contributed by atoms with van der Waals surface area (Å²) < 4.78 is 0. The molecule has 0 saturated carbocycles. The van der Waals surface area contributed by atoms with Crippen molar-refractivity contribution in [2.45, 2.75) is 25.8 Å². The number of carbonyl (C=O) groups is 2. The van der Waals surface area contributed by atoms with Gasteiger partial charge in [0, 0.05) is 12.6 Å². The van der Waals surface area contributed by atoms with Gasteiger partial charge in [0.2, 0.25) is 0 Å². The van der Waals surface area contributed by atoms with Crippen LogP contribution in [0.25, 0.3) is 0 Å². The van der Waals surface area contributed by atoms with Gasteiger partial charge in [-0.2, -0.15) is 0 Å². The Morgan fingerprint density at radius 2 is 2.08 bits per heavy atom. The quantitative estimate of drug-likeness (QED) is 0.764. The van der Waals surface area contributed by atoms with Crippen LogP contribution in [-0.4, -0.2) is 30.9 Å². The van der Waals surface area contributed by atoms with Gasteiger partial charge in [0.25, 0.3) is 11.8 Å². The fraction of sp³-hybridized carbons (Fsp3) is 0.333. The molecule has 2 heterocycles. The van der Waals surface area contributed by atoms with E-state index in [1.807, 2.05) is 13.0 Å². The number of nitrogens with one attached hydrogen (secondary N) is 3. The second kappa shape index (κ2) is 7.99. The van der Waals surface area contributed by atoms with Crippen molar-refractivity contribution in [2.24, 2.45) is 0 Å². The lowest BCUT2D eigenvalue weighted by Crippen LogP contribution is -2.45. The molecule has 132 valence electrons. The standard InChI is InChI=1S/C18H20ClN3O2S/c1-11-9-15(22-17(23)13-6-2-3-7-14(13)19)25-16(11)18(24)21-12-5-4-8-20-10-12/h2-3,6-7,9,12,20H,4-5,8,10H2,1H3,(H,21,24)(H,22,23)/t12-/m0/s1. The van der Waals surface area contributed by atoms with Gasteiger partial charge in [0.1, 0.15) is 0 Å². The largest absolute Gasteiger partial charge is 0.347 e. The molecule has 1 saturated heterocycles. The predicted molar refractivity (Wildman–Crippen MR) is 102 cm³/mol. The molecule has 0 spiro atoms. The highest BCUT2D eigenvalue weighted by molar-refractivity contribution is 7.18. The molecule has 1 fully saturated rings. The molecule has 3 rings (SSSR count). The molecule has 2 amide bonds. The van der Waals surface area contributed by atoms with Gasteiger partial charge in [-0.15, -0.1) is 11.3 Å². The average Bonchev–Trinajstić information content (AvgIpc) is 2.96. The number of rotatable bonds is 4. The lowest BCUT2D eigenvalue weighted by molar-refractivity contribution is 0.0933. The molecular weight excluding hydrogens is 358 g/mol. The highest BCUT2D eigenvalue weighted by Gasteiger charge is 2.20. The summed E-state index contributed by atoms with van der Waals surface area (Å²) in [7, 11) is 0. The maximum Gasteiger partial charge on any atom is 0.261 e. The zero-order valence-electron chi connectivity index (χ0n) is 13.9. The van der Waals surface area contributed by atoms with E-state index in [0.29, 0.717) is 20.5 Å². The van der Waals surface area contributed by atoms with Crippen molar-refractivity contribution in [3.05, 3.63) is 51.4 Å². The number of anilines is 1. The number of benzene rings is 1. The third-order valence-corrected chi connectivity index (χ3v) is 5.59. The lowest BCUT2D eigenvalue weighted by Gasteiger charge is -2.23. The van der Waals surface area contributed by atoms with Crippen LogP contribution in [0, 0.1) is 6.92 Å². The van der Waals surface area contributed by atoms with Gasteiger partial charge in [-0.25, -0.2) is 0 Å². The van der Waals surface area contributed by atoms with Crippen molar-refractivity contribution in [2.75, 3.05) is 18.4 Å². The summed E-state index contributed by atoms with van der Waals surface area (Å²) in [5.41, 5.74) is 1.26. The molecule has 25 heavy (non-hydrogen) atoms. The van der Waals surface area contributed by atoms with Crippen LogP contribution in [0.4, 0.5) is 5.00 Å². The third-order valence-electron chi connectivity index (χ3n) is 4.11. The number of aryl methyl sites for hydroxylation is 1. The van der Waals surface area contributed by atoms with Gasteiger partial charge in [0.15, 0.2) is 0 Å². The summed E-state index contributed by atoms with van der Waals surface area (Å²) in [5.74, 6) is -0.371. The normalized spacial score (nSPS) is 17.1. The minimum Gasteiger partial charge on any atom is -0.347 e. The molecule has 1 aromatic carbocycles. The molecule has 1 aromatic heterocycles. The highest BCUT2D eigenvalue weighted by Crippen LogP contribution is 2.28. The minimum atomic E-state index is -0.282. The summed E-state index contributed by atoms with van der Waals surface area (Å²) in [5, 5.41) is 10.2. The van der Waals surface area contributed by atoms with Crippen LogP contribution in [0.3, 0.4) is 0 Å². The van der Waals surface area contributed by atoms with Gasteiger partial charge in [-0.05, 0) is 50.1 Å². The first-order chi connectivity index (χ1) is 12.0. The second-order valence-corrected chi connectivity index (χ2v) is 7.53. The molecule has 7 heteroatoms. The number of halogens is 1. The Morgan fingerprint density at radius 1 is 1.28 bits per heavy atom. The van der Waals surface area contributed by atoms with E-state index in [1.54, 1.807) is 24.3 Å². The second-order valence-electron chi connectivity index (χ2n) is 6.07. The van der Waals surface area contributed by atoms with E-state index in [0.717, 1.165) is 31.5 Å². The first-order valence-electron chi connectivity index (χ1n) is 8.22. The van der Waals surface area contributed by atoms with E-state index in [2.05, 4.69) is 16.0 Å². The Hall–Kier alpha value is -1.89. The first kappa shape index (κ1) is 17.9. The number of amides is 2. The van der Waals surface area contributed by atoms with Gasteiger partial charge < -0.3 is 16.0 Å². The molecule has 1 atom stereocenters. The number of piperidine rings is 1. The first-order valence-corrected chi connectivity index (χ1v) is 9.42. The van der Waals surface area contributed by atoms with Gasteiger partial charge in [-0.1, -0.05) is 23.7 Å². The van der Waals surface area contributed by atoms with Crippen LogP contribution in [0.1, 0.15) is 38.4 Å². The van der Waals surface area contributed by atoms with Crippen molar-refractivity contribution in [3.63, 3.8) is 0 Å². The Labute approximate surface area is 155 Å². The zero-order chi connectivity index (χ0) is 17.8. The summed E-state index contributed by atoms with van der Waals surface area (Å²) in [4.78, 5) is 25.5. The smallest absolute Gasteiger partial charge is 0.261 e. The summed E-state index contributed by atoms with van der Waals surface area (Å²) in [6.07, 6.45) is 2.05. The molecule has 3 N–H and O–H groups in total. The van der Waals surface area contributed by atoms with E-state index in [4.69, 9.17) is 11.6 Å². The molecule has 0 radical (unpaired) electrons. The van der Waals surface area contributed by atoms with E-state index in [1.165, 1.54) is 11.3 Å². The molecule has 1 aliphatic heterocycles. The molecule has 5 nitrogen and oxygen atoms in total. The number of hydrogen-bond acceptors (Lipinski definition) is 4. The van der Waals surface area contributed by atoms with E-state index in [9.17, 15) is 9.59 Å². The zero-order valence-corrected chi connectivity index (χ0v) is 15.5. The Morgan fingerprint density at radius 3 is 2.80 bits per heavy atom. The Kier molecular flexibility index (Phi) is 5.73. The maximum absolute atomic E-state index is 12.5. The van der Waals surface area contributed by atoms with Crippen LogP contribution in [-0.2, 0) is 0 Å². The van der Waals surface area contributed by atoms with Crippen molar-refractivity contribution >= 4 is 39.8 Å². The molecule has 0 bridgehead atoms. The van der Waals surface area contributed by atoms with Crippen molar-refractivity contribution < 1.29 is 9.59 Å². The topological polar surface area (TPSA) is 70.2 Å². The number of thiophene rings is 1. The monoisotopic (exact) mass is 377 g/mol. The lowest BCUT2D eigenvalue weighted by atomic mass is 10.1.